The molecule has 0 spiro atoms. The van der Waals surface area contributed by atoms with Crippen molar-refractivity contribution in [1.82, 2.24) is 9.97 Å². The average Bonchev–Trinajstić information content (AvgIpc) is 2.40. The molecular weight excluding hydrogens is 218 g/mol. The predicted octanol–water partition coefficient (Wildman–Crippen LogP) is 1.74. The van der Waals surface area contributed by atoms with Gasteiger partial charge in [0.2, 0.25) is 5.88 Å². The van der Waals surface area contributed by atoms with Gasteiger partial charge in [0.15, 0.2) is 0 Å². The lowest BCUT2D eigenvalue weighted by molar-refractivity contribution is 0.102. The number of para-hydroxylation sites is 1. The van der Waals surface area contributed by atoms with Crippen molar-refractivity contribution in [2.75, 3.05) is 12.4 Å². The Bertz CT molecular complexity index is 497. The van der Waals surface area contributed by atoms with Crippen molar-refractivity contribution in [1.29, 1.82) is 0 Å². The zero-order valence-electron chi connectivity index (χ0n) is 9.25. The van der Waals surface area contributed by atoms with Crippen LogP contribution in [0, 0.1) is 0 Å². The van der Waals surface area contributed by atoms with E-state index in [1.165, 1.54) is 19.5 Å². The lowest BCUT2D eigenvalue weighted by atomic mass is 10.3. The van der Waals surface area contributed by atoms with Crippen LogP contribution in [0.3, 0.4) is 0 Å². The number of carbonyl (C=O) groups is 1. The van der Waals surface area contributed by atoms with Crippen LogP contribution in [0.25, 0.3) is 0 Å². The van der Waals surface area contributed by atoms with Gasteiger partial charge in [-0.05, 0) is 12.1 Å². The molecule has 1 heterocycles. The Hall–Kier alpha value is -2.43. The molecule has 0 aliphatic rings. The number of hydrogen-bond acceptors (Lipinski definition) is 4. The molecule has 0 saturated heterocycles. The third-order valence-corrected chi connectivity index (χ3v) is 2.10. The predicted molar refractivity (Wildman–Crippen MR) is 63.0 cm³/mol. The van der Waals surface area contributed by atoms with E-state index >= 15 is 0 Å². The lowest BCUT2D eigenvalue weighted by Crippen LogP contribution is -2.13. The summed E-state index contributed by atoms with van der Waals surface area (Å²) in [6.07, 6.45) is 2.77. The van der Waals surface area contributed by atoms with Gasteiger partial charge in [-0.2, -0.15) is 0 Å². The van der Waals surface area contributed by atoms with E-state index < -0.39 is 0 Å². The van der Waals surface area contributed by atoms with Gasteiger partial charge in [-0.3, -0.25) is 4.79 Å². The molecule has 5 nitrogen and oxygen atoms in total. The molecule has 0 saturated carbocycles. The van der Waals surface area contributed by atoms with E-state index in [9.17, 15) is 4.79 Å². The molecule has 0 bridgehead atoms. The van der Waals surface area contributed by atoms with Crippen molar-refractivity contribution in [3.8, 4) is 5.88 Å². The highest BCUT2D eigenvalue weighted by Gasteiger charge is 2.08. The van der Waals surface area contributed by atoms with Crippen LogP contribution in [0.5, 0.6) is 5.88 Å². The zero-order chi connectivity index (χ0) is 12.1. The minimum absolute atomic E-state index is 0.245. The molecule has 1 amide bonds. The van der Waals surface area contributed by atoms with Gasteiger partial charge in [-0.15, -0.1) is 0 Å². The Kier molecular flexibility index (Phi) is 3.30. The number of nitrogens with zero attached hydrogens (tertiary/aromatic N) is 2. The first kappa shape index (κ1) is 11.1. The fraction of sp³-hybridized carbons (Fsp3) is 0.0833. The molecule has 1 N–H and O–H groups in total. The molecular formula is C12H11N3O2. The summed E-state index contributed by atoms with van der Waals surface area (Å²) in [5.41, 5.74) is 0.963. The number of amides is 1. The van der Waals surface area contributed by atoms with E-state index in [0.29, 0.717) is 5.88 Å². The fourth-order valence-electron chi connectivity index (χ4n) is 1.26. The van der Waals surface area contributed by atoms with Crippen LogP contribution in [0.15, 0.2) is 42.7 Å². The van der Waals surface area contributed by atoms with Crippen molar-refractivity contribution >= 4 is 11.6 Å². The van der Waals surface area contributed by atoms with Crippen LogP contribution in [-0.4, -0.2) is 23.0 Å². The number of ether oxygens (including phenoxy) is 1. The quantitative estimate of drug-likeness (QED) is 0.870. The van der Waals surface area contributed by atoms with Crippen LogP contribution in [0.4, 0.5) is 5.69 Å². The number of anilines is 1. The maximum atomic E-state index is 11.8. The Balaban J connectivity index is 2.09. The Labute approximate surface area is 98.5 Å². The molecule has 1 aromatic carbocycles. The van der Waals surface area contributed by atoms with Gasteiger partial charge in [-0.1, -0.05) is 18.2 Å². The van der Waals surface area contributed by atoms with E-state index in [4.69, 9.17) is 4.74 Å². The molecule has 5 heteroatoms. The molecule has 0 atom stereocenters. The minimum Gasteiger partial charge on any atom is -0.480 e. The standard InChI is InChI=1S/C12H11N3O2/c1-17-11-8-13-10(7-14-11)12(16)15-9-5-3-2-4-6-9/h2-8H,1H3,(H,15,16). The largest absolute Gasteiger partial charge is 0.480 e. The van der Waals surface area contributed by atoms with Crippen LogP contribution in [0.2, 0.25) is 0 Å². The van der Waals surface area contributed by atoms with Crippen molar-refractivity contribution in [3.63, 3.8) is 0 Å². The average molecular weight is 229 g/mol. The van der Waals surface area contributed by atoms with E-state index in [0.717, 1.165) is 5.69 Å². The van der Waals surface area contributed by atoms with E-state index in [1.807, 2.05) is 18.2 Å². The molecule has 0 unspecified atom stereocenters. The van der Waals surface area contributed by atoms with Crippen LogP contribution in [0.1, 0.15) is 10.5 Å². The second-order valence-corrected chi connectivity index (χ2v) is 3.26. The molecule has 2 aromatic rings. The highest BCUT2D eigenvalue weighted by Crippen LogP contribution is 2.08. The van der Waals surface area contributed by atoms with Crippen LogP contribution >= 0.6 is 0 Å². The molecule has 86 valence electrons. The van der Waals surface area contributed by atoms with E-state index in [2.05, 4.69) is 15.3 Å². The number of methoxy groups -OCH3 is 1. The van der Waals surface area contributed by atoms with Gasteiger partial charge in [0, 0.05) is 5.69 Å². The molecule has 0 aliphatic carbocycles. The zero-order valence-corrected chi connectivity index (χ0v) is 9.25. The second kappa shape index (κ2) is 5.07. The second-order valence-electron chi connectivity index (χ2n) is 3.26. The Morgan fingerprint density at radius 3 is 2.53 bits per heavy atom. The van der Waals surface area contributed by atoms with Crippen molar-refractivity contribution < 1.29 is 9.53 Å². The maximum absolute atomic E-state index is 11.8. The molecule has 0 aliphatic heterocycles. The van der Waals surface area contributed by atoms with Gasteiger partial charge in [0.25, 0.3) is 5.91 Å². The first-order valence-electron chi connectivity index (χ1n) is 5.02. The summed E-state index contributed by atoms with van der Waals surface area (Å²) < 4.78 is 4.86. The first-order chi connectivity index (χ1) is 8.29. The third kappa shape index (κ3) is 2.78. The number of hydrogen-bond donors (Lipinski definition) is 1. The van der Waals surface area contributed by atoms with E-state index in [-0.39, 0.29) is 11.6 Å². The maximum Gasteiger partial charge on any atom is 0.275 e. The summed E-state index contributed by atoms with van der Waals surface area (Å²) >= 11 is 0. The summed E-state index contributed by atoms with van der Waals surface area (Å²) in [5.74, 6) is 0.0765. The number of benzene rings is 1. The summed E-state index contributed by atoms with van der Waals surface area (Å²) in [6.45, 7) is 0. The summed E-state index contributed by atoms with van der Waals surface area (Å²) in [4.78, 5) is 19.6. The number of aromatic nitrogens is 2. The van der Waals surface area contributed by atoms with Crippen LogP contribution in [-0.2, 0) is 0 Å². The highest BCUT2D eigenvalue weighted by atomic mass is 16.5. The molecule has 17 heavy (non-hydrogen) atoms. The molecule has 0 fully saturated rings. The third-order valence-electron chi connectivity index (χ3n) is 2.10. The smallest absolute Gasteiger partial charge is 0.275 e. The van der Waals surface area contributed by atoms with Crippen LogP contribution < -0.4 is 10.1 Å². The van der Waals surface area contributed by atoms with Gasteiger partial charge in [-0.25, -0.2) is 9.97 Å². The summed E-state index contributed by atoms with van der Waals surface area (Å²) in [7, 11) is 1.49. The number of carbonyl (C=O) groups excluding carboxylic acids is 1. The molecule has 0 radical (unpaired) electrons. The van der Waals surface area contributed by atoms with Gasteiger partial charge in [0.05, 0.1) is 19.5 Å². The normalized spacial score (nSPS) is 9.71. The Morgan fingerprint density at radius 2 is 1.94 bits per heavy atom. The monoisotopic (exact) mass is 229 g/mol. The topological polar surface area (TPSA) is 64.1 Å². The Morgan fingerprint density at radius 1 is 1.18 bits per heavy atom. The van der Waals surface area contributed by atoms with Gasteiger partial charge in [0.1, 0.15) is 5.69 Å². The van der Waals surface area contributed by atoms with Crippen molar-refractivity contribution in [2.45, 2.75) is 0 Å². The highest BCUT2D eigenvalue weighted by molar-refractivity contribution is 6.02. The van der Waals surface area contributed by atoms with Gasteiger partial charge >= 0.3 is 0 Å². The summed E-state index contributed by atoms with van der Waals surface area (Å²) in [6, 6.07) is 9.16. The lowest BCUT2D eigenvalue weighted by Gasteiger charge is -2.04. The van der Waals surface area contributed by atoms with E-state index in [1.54, 1.807) is 12.1 Å². The minimum atomic E-state index is -0.300. The van der Waals surface area contributed by atoms with Crippen molar-refractivity contribution in [3.05, 3.63) is 48.4 Å². The fourth-order valence-corrected chi connectivity index (χ4v) is 1.26. The summed E-state index contributed by atoms with van der Waals surface area (Å²) in [5, 5.41) is 2.71. The number of rotatable bonds is 3. The van der Waals surface area contributed by atoms with Gasteiger partial charge < -0.3 is 10.1 Å². The first-order valence-corrected chi connectivity index (χ1v) is 5.02. The number of nitrogens with one attached hydrogen (secondary N) is 1. The van der Waals surface area contributed by atoms with Crippen molar-refractivity contribution in [2.24, 2.45) is 0 Å². The molecule has 1 aromatic heterocycles. The SMILES string of the molecule is COc1cnc(C(=O)Nc2ccccc2)cn1. The molecule has 2 rings (SSSR count).